The fourth-order valence-corrected chi connectivity index (χ4v) is 3.11. The van der Waals surface area contributed by atoms with Crippen LogP contribution in [-0.2, 0) is 0 Å². The van der Waals surface area contributed by atoms with E-state index >= 15 is 0 Å². The summed E-state index contributed by atoms with van der Waals surface area (Å²) in [7, 11) is 0. The predicted molar refractivity (Wildman–Crippen MR) is 69.7 cm³/mol. The number of hydrogen-bond acceptors (Lipinski definition) is 4. The Bertz CT molecular complexity index is 323. The molecule has 1 aromatic rings. The van der Waals surface area contributed by atoms with E-state index in [4.69, 9.17) is 17.3 Å². The van der Waals surface area contributed by atoms with Crippen LogP contribution in [0.25, 0.3) is 0 Å². The van der Waals surface area contributed by atoms with Crippen molar-refractivity contribution in [2.24, 2.45) is 5.73 Å². The predicted octanol–water partition coefficient (Wildman–Crippen LogP) is 2.39. The van der Waals surface area contributed by atoms with Gasteiger partial charge in [-0.05, 0) is 25.0 Å². The monoisotopic (exact) mass is 259 g/mol. The largest absolute Gasteiger partial charge is 0.329 e. The van der Waals surface area contributed by atoms with Crippen LogP contribution in [0.3, 0.4) is 0 Å². The molecular formula is C11H18ClN3S. The van der Waals surface area contributed by atoms with E-state index in [-0.39, 0.29) is 6.04 Å². The van der Waals surface area contributed by atoms with Gasteiger partial charge in [-0.15, -0.1) is 11.3 Å². The first-order valence-electron chi connectivity index (χ1n) is 5.76. The summed E-state index contributed by atoms with van der Waals surface area (Å²) in [5.41, 5.74) is 9.30. The lowest BCUT2D eigenvalue weighted by Crippen LogP contribution is -2.45. The second kappa shape index (κ2) is 5.98. The van der Waals surface area contributed by atoms with Gasteiger partial charge in [0, 0.05) is 24.5 Å². The number of nitrogens with zero attached hydrogens (tertiary/aromatic N) is 1. The van der Waals surface area contributed by atoms with Crippen molar-refractivity contribution in [3.8, 4) is 0 Å². The van der Waals surface area contributed by atoms with E-state index < -0.39 is 0 Å². The van der Waals surface area contributed by atoms with Crippen LogP contribution in [0, 0.1) is 0 Å². The summed E-state index contributed by atoms with van der Waals surface area (Å²) in [4.78, 5) is 1.22. The van der Waals surface area contributed by atoms with Crippen molar-refractivity contribution in [1.29, 1.82) is 0 Å². The lowest BCUT2D eigenvalue weighted by molar-refractivity contribution is 0.131. The molecule has 0 bridgehead atoms. The van der Waals surface area contributed by atoms with Gasteiger partial charge in [0.1, 0.15) is 0 Å². The number of piperidine rings is 1. The fraction of sp³-hybridized carbons (Fsp3) is 0.636. The van der Waals surface area contributed by atoms with E-state index in [1.54, 1.807) is 11.3 Å². The summed E-state index contributed by atoms with van der Waals surface area (Å²) in [5.74, 6) is 0. The molecule has 1 unspecified atom stereocenters. The molecule has 1 aliphatic heterocycles. The van der Waals surface area contributed by atoms with Gasteiger partial charge >= 0.3 is 0 Å². The van der Waals surface area contributed by atoms with Gasteiger partial charge in [0.05, 0.1) is 10.4 Å². The first kappa shape index (κ1) is 12.3. The molecule has 90 valence electrons. The Kier molecular flexibility index (Phi) is 4.61. The maximum absolute atomic E-state index is 5.94. The molecular weight excluding hydrogens is 242 g/mol. The molecule has 1 saturated heterocycles. The smallest absolute Gasteiger partial charge is 0.0931 e. The zero-order chi connectivity index (χ0) is 11.4. The van der Waals surface area contributed by atoms with Crippen molar-refractivity contribution in [2.45, 2.75) is 25.3 Å². The molecule has 0 saturated carbocycles. The molecule has 0 amide bonds. The zero-order valence-corrected chi connectivity index (χ0v) is 10.9. The van der Waals surface area contributed by atoms with Crippen LogP contribution in [0.4, 0.5) is 0 Å². The van der Waals surface area contributed by atoms with Crippen LogP contribution in [0.1, 0.15) is 30.2 Å². The molecule has 1 fully saturated rings. The first-order chi connectivity index (χ1) is 7.79. The summed E-state index contributed by atoms with van der Waals surface area (Å²) < 4.78 is 0.828. The second-order valence-corrected chi connectivity index (χ2v) is 5.85. The third-order valence-electron chi connectivity index (χ3n) is 2.87. The molecule has 3 N–H and O–H groups in total. The van der Waals surface area contributed by atoms with Crippen LogP contribution in [-0.4, -0.2) is 24.6 Å². The molecule has 1 aliphatic rings. The molecule has 0 aromatic carbocycles. The van der Waals surface area contributed by atoms with E-state index in [2.05, 4.69) is 16.5 Å². The summed E-state index contributed by atoms with van der Waals surface area (Å²) in [6, 6.07) is 4.19. The maximum atomic E-state index is 5.94. The minimum absolute atomic E-state index is 0.204. The van der Waals surface area contributed by atoms with Gasteiger partial charge in [-0.25, -0.2) is 10.4 Å². The van der Waals surface area contributed by atoms with E-state index in [9.17, 15) is 0 Å². The quantitative estimate of drug-likeness (QED) is 0.873. The highest BCUT2D eigenvalue weighted by atomic mass is 35.5. The minimum Gasteiger partial charge on any atom is -0.329 e. The Hall–Kier alpha value is -0.130. The van der Waals surface area contributed by atoms with E-state index in [0.29, 0.717) is 6.54 Å². The summed E-state index contributed by atoms with van der Waals surface area (Å²) in [6.45, 7) is 2.85. The number of rotatable bonds is 4. The molecule has 0 radical (unpaired) electrons. The topological polar surface area (TPSA) is 41.3 Å². The van der Waals surface area contributed by atoms with Crippen LogP contribution in [0.5, 0.6) is 0 Å². The van der Waals surface area contributed by atoms with Crippen molar-refractivity contribution in [3.05, 3.63) is 21.3 Å². The Morgan fingerprint density at radius 1 is 1.38 bits per heavy atom. The summed E-state index contributed by atoms with van der Waals surface area (Å²) >= 11 is 7.55. The molecule has 1 aromatic heterocycles. The molecule has 2 rings (SSSR count). The SMILES string of the molecule is NCC(NN1CCCCC1)c1ccc(Cl)s1. The van der Waals surface area contributed by atoms with E-state index in [0.717, 1.165) is 17.4 Å². The van der Waals surface area contributed by atoms with Crippen LogP contribution >= 0.6 is 22.9 Å². The van der Waals surface area contributed by atoms with E-state index in [1.807, 2.05) is 6.07 Å². The lowest BCUT2D eigenvalue weighted by atomic mass is 10.1. The highest BCUT2D eigenvalue weighted by molar-refractivity contribution is 7.16. The summed E-state index contributed by atoms with van der Waals surface area (Å²) in [6.07, 6.45) is 3.89. The van der Waals surface area contributed by atoms with Gasteiger partial charge in [-0.1, -0.05) is 18.0 Å². The molecule has 0 aliphatic carbocycles. The number of halogens is 1. The number of thiophene rings is 1. The number of nitrogens with two attached hydrogens (primary N) is 1. The third kappa shape index (κ3) is 3.18. The Morgan fingerprint density at radius 3 is 2.69 bits per heavy atom. The Labute approximate surface area is 106 Å². The average Bonchev–Trinajstić information content (AvgIpc) is 2.74. The van der Waals surface area contributed by atoms with Crippen molar-refractivity contribution < 1.29 is 0 Å². The lowest BCUT2D eigenvalue weighted by Gasteiger charge is -2.30. The van der Waals surface area contributed by atoms with E-state index in [1.165, 1.54) is 24.1 Å². The zero-order valence-electron chi connectivity index (χ0n) is 9.29. The van der Waals surface area contributed by atoms with Crippen molar-refractivity contribution in [1.82, 2.24) is 10.4 Å². The third-order valence-corrected chi connectivity index (χ3v) is 4.21. The number of hydrogen-bond donors (Lipinski definition) is 2. The normalized spacial score (nSPS) is 19.9. The average molecular weight is 260 g/mol. The van der Waals surface area contributed by atoms with Crippen LogP contribution in [0.15, 0.2) is 12.1 Å². The van der Waals surface area contributed by atoms with Crippen LogP contribution < -0.4 is 11.2 Å². The number of hydrazine groups is 1. The highest BCUT2D eigenvalue weighted by Gasteiger charge is 2.17. The molecule has 2 heterocycles. The minimum atomic E-state index is 0.204. The second-order valence-electron chi connectivity index (χ2n) is 4.11. The van der Waals surface area contributed by atoms with Crippen molar-refractivity contribution in [3.63, 3.8) is 0 Å². The highest BCUT2D eigenvalue weighted by Crippen LogP contribution is 2.26. The van der Waals surface area contributed by atoms with Gasteiger partial charge in [-0.3, -0.25) is 0 Å². The summed E-state index contributed by atoms with van der Waals surface area (Å²) in [5, 5.41) is 2.29. The molecule has 5 heteroatoms. The Morgan fingerprint density at radius 2 is 2.12 bits per heavy atom. The molecule has 0 spiro atoms. The van der Waals surface area contributed by atoms with Gasteiger partial charge in [0.25, 0.3) is 0 Å². The molecule has 1 atom stereocenters. The van der Waals surface area contributed by atoms with Gasteiger partial charge < -0.3 is 5.73 Å². The standard InChI is InChI=1S/C11H18ClN3S/c12-11-5-4-10(16-11)9(8-13)14-15-6-2-1-3-7-15/h4-5,9,14H,1-3,6-8,13H2. The van der Waals surface area contributed by atoms with Gasteiger partial charge in [0.2, 0.25) is 0 Å². The number of nitrogens with one attached hydrogen (secondary N) is 1. The first-order valence-corrected chi connectivity index (χ1v) is 6.95. The molecule has 3 nitrogen and oxygen atoms in total. The maximum Gasteiger partial charge on any atom is 0.0931 e. The van der Waals surface area contributed by atoms with Crippen molar-refractivity contribution in [2.75, 3.05) is 19.6 Å². The fourth-order valence-electron chi connectivity index (χ4n) is 1.99. The van der Waals surface area contributed by atoms with Crippen LogP contribution in [0.2, 0.25) is 4.34 Å². The van der Waals surface area contributed by atoms with Crippen molar-refractivity contribution >= 4 is 22.9 Å². The molecule has 16 heavy (non-hydrogen) atoms. The Balaban J connectivity index is 1.94. The van der Waals surface area contributed by atoms with Gasteiger partial charge in [0.15, 0.2) is 0 Å². The van der Waals surface area contributed by atoms with Gasteiger partial charge in [-0.2, -0.15) is 0 Å².